The summed E-state index contributed by atoms with van der Waals surface area (Å²) in [5.74, 6) is -0.257. The summed E-state index contributed by atoms with van der Waals surface area (Å²) in [6.07, 6.45) is 2.32. The van der Waals surface area contributed by atoms with Crippen LogP contribution in [-0.2, 0) is 14.3 Å². The van der Waals surface area contributed by atoms with Crippen molar-refractivity contribution in [2.75, 3.05) is 13.2 Å². The van der Waals surface area contributed by atoms with Gasteiger partial charge in [-0.2, -0.15) is 0 Å². The highest BCUT2D eigenvalue weighted by atomic mass is 16.6. The molecule has 0 aromatic heterocycles. The first-order valence-electron chi connectivity index (χ1n) is 8.18. The van der Waals surface area contributed by atoms with Crippen molar-refractivity contribution in [2.45, 2.75) is 46.1 Å². The van der Waals surface area contributed by atoms with Crippen molar-refractivity contribution in [3.8, 4) is 0 Å². The summed E-state index contributed by atoms with van der Waals surface area (Å²) in [7, 11) is 0. The molecule has 0 unspecified atom stereocenters. The van der Waals surface area contributed by atoms with E-state index in [1.54, 1.807) is 6.92 Å². The number of ether oxygens (including phenoxy) is 2. The molecular weight excluding hydrogens is 306 g/mol. The fraction of sp³-hybridized carbons (Fsp3) is 0.474. The number of hydrogen-bond donors (Lipinski definition) is 1. The maximum absolute atomic E-state index is 11.8. The average Bonchev–Trinajstić information content (AvgIpc) is 2.49. The molecule has 0 saturated carbocycles. The molecular formula is C19H27NO4. The molecule has 0 atom stereocenters. The summed E-state index contributed by atoms with van der Waals surface area (Å²) in [6, 6.07) is 9.68. The van der Waals surface area contributed by atoms with E-state index in [4.69, 9.17) is 9.47 Å². The molecule has 0 aliphatic heterocycles. The molecule has 5 nitrogen and oxygen atoms in total. The lowest BCUT2D eigenvalue weighted by Crippen LogP contribution is -2.32. The standard InChI is InChI=1S/C19H27NO4/c1-5-23-17(21)14-16(15-10-7-6-8-11-15)12-9-13-20-18(22)24-19(2,3)4/h6-8,10-12H,5,9,13-14H2,1-4H3,(H,20,22)/b16-12-. The van der Waals surface area contributed by atoms with Crippen molar-refractivity contribution in [1.82, 2.24) is 5.32 Å². The van der Waals surface area contributed by atoms with Crippen LogP contribution in [0, 0.1) is 0 Å². The average molecular weight is 333 g/mol. The van der Waals surface area contributed by atoms with Gasteiger partial charge in [0.1, 0.15) is 5.60 Å². The largest absolute Gasteiger partial charge is 0.466 e. The van der Waals surface area contributed by atoms with Gasteiger partial charge in [0.05, 0.1) is 13.0 Å². The molecule has 132 valence electrons. The number of carbonyl (C=O) groups is 2. The molecule has 5 heteroatoms. The molecule has 1 aromatic carbocycles. The third-order valence-electron chi connectivity index (χ3n) is 2.99. The van der Waals surface area contributed by atoms with E-state index in [0.29, 0.717) is 19.6 Å². The van der Waals surface area contributed by atoms with E-state index in [0.717, 1.165) is 11.1 Å². The second-order valence-electron chi connectivity index (χ2n) is 6.29. The van der Waals surface area contributed by atoms with Crippen LogP contribution in [0.1, 0.15) is 46.1 Å². The predicted molar refractivity (Wildman–Crippen MR) is 94.5 cm³/mol. The Labute approximate surface area is 144 Å². The van der Waals surface area contributed by atoms with Crippen LogP contribution in [0.3, 0.4) is 0 Å². The summed E-state index contributed by atoms with van der Waals surface area (Å²) in [5.41, 5.74) is 1.35. The lowest BCUT2D eigenvalue weighted by Gasteiger charge is -2.19. The smallest absolute Gasteiger partial charge is 0.407 e. The first kappa shape index (κ1) is 19.7. The molecule has 1 rings (SSSR count). The van der Waals surface area contributed by atoms with Crippen molar-refractivity contribution < 1.29 is 19.1 Å². The fourth-order valence-electron chi connectivity index (χ4n) is 2.05. The zero-order chi connectivity index (χ0) is 18.0. The maximum Gasteiger partial charge on any atom is 0.407 e. The molecule has 0 aliphatic rings. The first-order chi connectivity index (χ1) is 11.3. The van der Waals surface area contributed by atoms with Gasteiger partial charge in [0.25, 0.3) is 0 Å². The van der Waals surface area contributed by atoms with Crippen molar-refractivity contribution in [3.63, 3.8) is 0 Å². The SMILES string of the molecule is CCOC(=O)C/C(=C/CCNC(=O)OC(C)(C)C)c1ccccc1. The van der Waals surface area contributed by atoms with E-state index in [9.17, 15) is 9.59 Å². The minimum absolute atomic E-state index is 0.213. The molecule has 0 bridgehead atoms. The third kappa shape index (κ3) is 8.36. The minimum atomic E-state index is -0.515. The van der Waals surface area contributed by atoms with Gasteiger partial charge < -0.3 is 14.8 Å². The second-order valence-corrected chi connectivity index (χ2v) is 6.29. The molecule has 0 fully saturated rings. The van der Waals surface area contributed by atoms with Crippen LogP contribution in [0.4, 0.5) is 4.79 Å². The van der Waals surface area contributed by atoms with Crippen LogP contribution >= 0.6 is 0 Å². The van der Waals surface area contributed by atoms with Crippen molar-refractivity contribution >= 4 is 17.6 Å². The van der Waals surface area contributed by atoms with Gasteiger partial charge in [0.2, 0.25) is 0 Å². The van der Waals surface area contributed by atoms with Gasteiger partial charge in [-0.1, -0.05) is 36.4 Å². The Bertz CT molecular complexity index is 558. The fourth-order valence-corrected chi connectivity index (χ4v) is 2.05. The quantitative estimate of drug-likeness (QED) is 0.606. The van der Waals surface area contributed by atoms with Crippen LogP contribution in [0.2, 0.25) is 0 Å². The molecule has 0 spiro atoms. The van der Waals surface area contributed by atoms with Gasteiger partial charge in [-0.05, 0) is 45.3 Å². The number of nitrogens with one attached hydrogen (secondary N) is 1. The summed E-state index contributed by atoms with van der Waals surface area (Å²) >= 11 is 0. The Morgan fingerprint density at radius 2 is 1.83 bits per heavy atom. The summed E-state index contributed by atoms with van der Waals surface area (Å²) in [5, 5.41) is 2.70. The first-order valence-corrected chi connectivity index (χ1v) is 8.18. The minimum Gasteiger partial charge on any atom is -0.466 e. The Balaban J connectivity index is 2.62. The molecule has 1 aromatic rings. The van der Waals surface area contributed by atoms with E-state index in [1.807, 2.05) is 57.2 Å². The number of alkyl carbamates (subject to hydrolysis) is 1. The Morgan fingerprint density at radius 3 is 2.42 bits per heavy atom. The van der Waals surface area contributed by atoms with Gasteiger partial charge >= 0.3 is 12.1 Å². The van der Waals surface area contributed by atoms with Gasteiger partial charge in [0, 0.05) is 6.54 Å². The molecule has 0 heterocycles. The summed E-state index contributed by atoms with van der Waals surface area (Å²) in [6.45, 7) is 8.04. The number of benzene rings is 1. The topological polar surface area (TPSA) is 64.6 Å². The predicted octanol–water partition coefficient (Wildman–Crippen LogP) is 3.94. The van der Waals surface area contributed by atoms with E-state index in [-0.39, 0.29) is 12.4 Å². The highest BCUT2D eigenvalue weighted by Gasteiger charge is 2.15. The lowest BCUT2D eigenvalue weighted by molar-refractivity contribution is -0.141. The van der Waals surface area contributed by atoms with Gasteiger partial charge in [0.15, 0.2) is 0 Å². The third-order valence-corrected chi connectivity index (χ3v) is 2.99. The number of amides is 1. The highest BCUT2D eigenvalue weighted by molar-refractivity contribution is 5.85. The molecule has 0 aliphatic carbocycles. The summed E-state index contributed by atoms with van der Waals surface area (Å²) in [4.78, 5) is 23.4. The Kier molecular flexibility index (Phi) is 8.02. The van der Waals surface area contributed by atoms with E-state index in [2.05, 4.69) is 5.32 Å². The van der Waals surface area contributed by atoms with Crippen LogP contribution in [0.25, 0.3) is 5.57 Å². The normalized spacial score (nSPS) is 11.8. The molecule has 1 N–H and O–H groups in total. The number of esters is 1. The molecule has 1 amide bonds. The lowest BCUT2D eigenvalue weighted by atomic mass is 10.0. The second kappa shape index (κ2) is 9.75. The zero-order valence-corrected chi connectivity index (χ0v) is 14.9. The summed E-state index contributed by atoms with van der Waals surface area (Å²) < 4.78 is 10.2. The molecule has 24 heavy (non-hydrogen) atoms. The zero-order valence-electron chi connectivity index (χ0n) is 14.9. The van der Waals surface area contributed by atoms with Crippen LogP contribution in [0.5, 0.6) is 0 Å². The molecule has 0 radical (unpaired) electrons. The van der Waals surface area contributed by atoms with Crippen molar-refractivity contribution in [1.29, 1.82) is 0 Å². The Morgan fingerprint density at radius 1 is 1.17 bits per heavy atom. The van der Waals surface area contributed by atoms with Crippen molar-refractivity contribution in [2.24, 2.45) is 0 Å². The maximum atomic E-state index is 11.8. The van der Waals surface area contributed by atoms with Gasteiger partial charge in [-0.15, -0.1) is 0 Å². The molecule has 0 saturated heterocycles. The van der Waals surface area contributed by atoms with E-state index in [1.165, 1.54) is 0 Å². The number of carbonyl (C=O) groups excluding carboxylic acids is 2. The van der Waals surface area contributed by atoms with Crippen molar-refractivity contribution in [3.05, 3.63) is 42.0 Å². The highest BCUT2D eigenvalue weighted by Crippen LogP contribution is 2.19. The number of hydrogen-bond acceptors (Lipinski definition) is 4. The van der Waals surface area contributed by atoms with Gasteiger partial charge in [-0.3, -0.25) is 4.79 Å². The number of rotatable bonds is 7. The Hall–Kier alpha value is -2.30. The van der Waals surface area contributed by atoms with Crippen LogP contribution < -0.4 is 5.32 Å². The van der Waals surface area contributed by atoms with Gasteiger partial charge in [-0.25, -0.2) is 4.79 Å². The van der Waals surface area contributed by atoms with E-state index < -0.39 is 11.7 Å². The monoisotopic (exact) mass is 333 g/mol. The van der Waals surface area contributed by atoms with Crippen LogP contribution in [0.15, 0.2) is 36.4 Å². The van der Waals surface area contributed by atoms with E-state index >= 15 is 0 Å². The van der Waals surface area contributed by atoms with Crippen LogP contribution in [-0.4, -0.2) is 30.8 Å².